The summed E-state index contributed by atoms with van der Waals surface area (Å²) in [6, 6.07) is 17.1. The molecule has 194 valence electrons. The van der Waals surface area contributed by atoms with E-state index in [-0.39, 0.29) is 5.91 Å². The third kappa shape index (κ3) is 8.34. The molecule has 0 aliphatic rings. The van der Waals surface area contributed by atoms with E-state index in [0.29, 0.717) is 24.8 Å². The van der Waals surface area contributed by atoms with E-state index in [1.165, 1.54) is 43.2 Å². The van der Waals surface area contributed by atoms with E-state index < -0.39 is 0 Å². The van der Waals surface area contributed by atoms with Gasteiger partial charge < -0.3 is 10.1 Å². The van der Waals surface area contributed by atoms with Gasteiger partial charge in [-0.1, -0.05) is 82.9 Å². The van der Waals surface area contributed by atoms with Crippen molar-refractivity contribution in [3.05, 3.63) is 72.3 Å². The van der Waals surface area contributed by atoms with Crippen LogP contribution in [-0.4, -0.2) is 35.2 Å². The Morgan fingerprint density at radius 2 is 1.64 bits per heavy atom. The summed E-state index contributed by atoms with van der Waals surface area (Å²) in [5, 5.41) is 3.01. The first-order valence-corrected chi connectivity index (χ1v) is 13.7. The lowest BCUT2D eigenvalue weighted by molar-refractivity contribution is 0.0872. The van der Waals surface area contributed by atoms with Gasteiger partial charge >= 0.3 is 0 Å². The number of nitrogens with zero attached hydrogens (tertiary/aromatic N) is 2. The summed E-state index contributed by atoms with van der Waals surface area (Å²) in [5.74, 6) is 0.527. The number of ether oxygens (including phenoxy) is 1. The van der Waals surface area contributed by atoms with Crippen LogP contribution in [0, 0.1) is 5.92 Å². The van der Waals surface area contributed by atoms with Gasteiger partial charge in [-0.3, -0.25) is 9.36 Å². The van der Waals surface area contributed by atoms with Gasteiger partial charge in [-0.15, -0.1) is 0 Å². The molecule has 2 aromatic carbocycles. The minimum absolute atomic E-state index is 0.117. The minimum atomic E-state index is -0.117. The highest BCUT2D eigenvalue weighted by molar-refractivity contribution is 5.93. The second-order valence-electron chi connectivity index (χ2n) is 9.60. The third-order valence-electron chi connectivity index (χ3n) is 6.77. The van der Waals surface area contributed by atoms with Crippen LogP contribution in [0.3, 0.4) is 0 Å². The van der Waals surface area contributed by atoms with Gasteiger partial charge in [0.1, 0.15) is 5.69 Å². The Hall–Kier alpha value is -2.92. The van der Waals surface area contributed by atoms with E-state index in [9.17, 15) is 4.79 Å². The SMILES string of the molecule is CCCCc1ccc(-c2ccc(-n3cncc3C(=O)NCCCOC[C@@H](CC)CCCC)cc2)cc1. The molecule has 1 atom stereocenters. The van der Waals surface area contributed by atoms with Crippen molar-refractivity contribution >= 4 is 5.91 Å². The number of hydrogen-bond donors (Lipinski definition) is 1. The zero-order valence-electron chi connectivity index (χ0n) is 22.3. The van der Waals surface area contributed by atoms with Crippen molar-refractivity contribution in [3.63, 3.8) is 0 Å². The van der Waals surface area contributed by atoms with E-state index in [1.807, 2.05) is 16.7 Å². The maximum Gasteiger partial charge on any atom is 0.269 e. The van der Waals surface area contributed by atoms with Crippen molar-refractivity contribution in [3.8, 4) is 16.8 Å². The minimum Gasteiger partial charge on any atom is -0.381 e. The van der Waals surface area contributed by atoms with Crippen LogP contribution in [0.25, 0.3) is 16.8 Å². The van der Waals surface area contributed by atoms with Crippen LogP contribution in [0.15, 0.2) is 61.1 Å². The first-order valence-electron chi connectivity index (χ1n) is 13.7. The molecule has 3 rings (SSSR count). The maximum absolute atomic E-state index is 12.8. The molecular formula is C31H43N3O2. The van der Waals surface area contributed by atoms with Gasteiger partial charge in [-0.2, -0.15) is 0 Å². The van der Waals surface area contributed by atoms with Crippen LogP contribution < -0.4 is 5.32 Å². The van der Waals surface area contributed by atoms with Crippen LogP contribution in [0.5, 0.6) is 0 Å². The topological polar surface area (TPSA) is 56.2 Å². The summed E-state index contributed by atoms with van der Waals surface area (Å²) in [4.78, 5) is 17.0. The predicted octanol–water partition coefficient (Wildman–Crippen LogP) is 7.23. The quantitative estimate of drug-likeness (QED) is 0.216. The number of unbranched alkanes of at least 4 members (excludes halogenated alkanes) is 2. The summed E-state index contributed by atoms with van der Waals surface area (Å²) in [6.07, 6.45) is 12.6. The monoisotopic (exact) mass is 489 g/mol. The van der Waals surface area contributed by atoms with Crippen molar-refractivity contribution in [2.75, 3.05) is 19.8 Å². The summed E-state index contributed by atoms with van der Waals surface area (Å²) in [5.41, 5.74) is 5.20. The van der Waals surface area contributed by atoms with E-state index in [0.717, 1.165) is 37.1 Å². The standard InChI is InChI=1S/C31H43N3O2/c1-4-7-10-25(6-3)23-36-21-9-20-33-31(35)30-22-32-24-34(30)29-18-16-28(17-19-29)27-14-12-26(13-15-27)11-8-5-2/h12-19,22,24-25H,4-11,20-21,23H2,1-3H3,(H,33,35)/t25-/m0/s1. The number of imidazole rings is 1. The summed E-state index contributed by atoms with van der Waals surface area (Å²) in [7, 11) is 0. The molecule has 0 aliphatic carbocycles. The third-order valence-corrected chi connectivity index (χ3v) is 6.77. The summed E-state index contributed by atoms with van der Waals surface area (Å²) in [6.45, 7) is 8.75. The van der Waals surface area contributed by atoms with Crippen LogP contribution in [0.4, 0.5) is 0 Å². The van der Waals surface area contributed by atoms with E-state index in [2.05, 4.69) is 67.5 Å². The molecular weight excluding hydrogens is 446 g/mol. The lowest BCUT2D eigenvalue weighted by atomic mass is 10.0. The Labute approximate surface area is 217 Å². The molecule has 3 aromatic rings. The van der Waals surface area contributed by atoms with Crippen LogP contribution >= 0.6 is 0 Å². The highest BCUT2D eigenvalue weighted by atomic mass is 16.5. The Balaban J connectivity index is 1.49. The van der Waals surface area contributed by atoms with Crippen LogP contribution in [0.1, 0.15) is 81.8 Å². The largest absolute Gasteiger partial charge is 0.381 e. The first-order chi connectivity index (χ1) is 17.7. The molecule has 0 radical (unpaired) electrons. The van der Waals surface area contributed by atoms with Gasteiger partial charge in [-0.25, -0.2) is 4.98 Å². The zero-order chi connectivity index (χ0) is 25.6. The Bertz CT molecular complexity index is 1020. The van der Waals surface area contributed by atoms with E-state index in [4.69, 9.17) is 4.74 Å². The maximum atomic E-state index is 12.8. The second-order valence-corrected chi connectivity index (χ2v) is 9.60. The molecule has 5 heteroatoms. The summed E-state index contributed by atoms with van der Waals surface area (Å²) < 4.78 is 7.69. The molecule has 0 saturated heterocycles. The molecule has 5 nitrogen and oxygen atoms in total. The number of amides is 1. The highest BCUT2D eigenvalue weighted by Crippen LogP contribution is 2.23. The normalized spacial score (nSPS) is 12.0. The van der Waals surface area contributed by atoms with E-state index >= 15 is 0 Å². The predicted molar refractivity (Wildman–Crippen MR) is 149 cm³/mol. The smallest absolute Gasteiger partial charge is 0.269 e. The molecule has 0 spiro atoms. The second kappa shape index (κ2) is 15.2. The molecule has 0 saturated carbocycles. The van der Waals surface area contributed by atoms with Crippen molar-refractivity contribution in [1.82, 2.24) is 14.9 Å². The number of nitrogens with one attached hydrogen (secondary N) is 1. The zero-order valence-corrected chi connectivity index (χ0v) is 22.3. The summed E-state index contributed by atoms with van der Waals surface area (Å²) >= 11 is 0. The van der Waals surface area contributed by atoms with Gasteiger partial charge in [-0.05, 0) is 60.4 Å². The number of hydrogen-bond acceptors (Lipinski definition) is 3. The fourth-order valence-corrected chi connectivity index (χ4v) is 4.34. The van der Waals surface area contributed by atoms with E-state index in [1.54, 1.807) is 12.5 Å². The Morgan fingerprint density at radius 1 is 0.944 bits per heavy atom. The number of benzene rings is 2. The van der Waals surface area contributed by atoms with Crippen molar-refractivity contribution < 1.29 is 9.53 Å². The number of rotatable bonds is 16. The molecule has 36 heavy (non-hydrogen) atoms. The van der Waals surface area contributed by atoms with Crippen LogP contribution in [0.2, 0.25) is 0 Å². The lowest BCUT2D eigenvalue weighted by Gasteiger charge is -2.14. The number of carbonyl (C=O) groups is 1. The molecule has 1 amide bonds. The first kappa shape index (κ1) is 27.7. The molecule has 0 unspecified atom stereocenters. The number of aromatic nitrogens is 2. The Morgan fingerprint density at radius 3 is 2.31 bits per heavy atom. The molecule has 0 fully saturated rings. The Kier molecular flexibility index (Phi) is 11.7. The van der Waals surface area contributed by atoms with Gasteiger partial charge in [0.2, 0.25) is 0 Å². The average Bonchev–Trinajstić information content (AvgIpc) is 3.41. The molecule has 0 aliphatic heterocycles. The van der Waals surface area contributed by atoms with Crippen LogP contribution in [-0.2, 0) is 11.2 Å². The lowest BCUT2D eigenvalue weighted by Crippen LogP contribution is -2.27. The molecule has 1 heterocycles. The van der Waals surface area contributed by atoms with Gasteiger partial charge in [0.15, 0.2) is 0 Å². The van der Waals surface area contributed by atoms with Gasteiger partial charge in [0.25, 0.3) is 5.91 Å². The van der Waals surface area contributed by atoms with Gasteiger partial charge in [0.05, 0.1) is 12.5 Å². The fraction of sp³-hybridized carbons (Fsp3) is 0.484. The fourth-order valence-electron chi connectivity index (χ4n) is 4.34. The highest BCUT2D eigenvalue weighted by Gasteiger charge is 2.13. The van der Waals surface area contributed by atoms with Crippen molar-refractivity contribution in [2.24, 2.45) is 5.92 Å². The average molecular weight is 490 g/mol. The number of carbonyl (C=O) groups excluding carboxylic acids is 1. The number of aryl methyl sites for hydroxylation is 1. The van der Waals surface area contributed by atoms with Crippen molar-refractivity contribution in [2.45, 2.75) is 72.1 Å². The van der Waals surface area contributed by atoms with Gasteiger partial charge in [0, 0.05) is 25.4 Å². The molecule has 1 aromatic heterocycles. The van der Waals surface area contributed by atoms with Crippen molar-refractivity contribution in [1.29, 1.82) is 0 Å². The molecule has 1 N–H and O–H groups in total. The molecule has 0 bridgehead atoms.